The van der Waals surface area contributed by atoms with E-state index >= 15 is 0 Å². The average molecular weight is 413 g/mol. The zero-order valence-corrected chi connectivity index (χ0v) is 16.8. The molecule has 1 atom stereocenters. The molecule has 0 bridgehead atoms. The molecule has 4 rings (SSSR count). The first kappa shape index (κ1) is 20.0. The summed E-state index contributed by atoms with van der Waals surface area (Å²) in [7, 11) is 0. The molecule has 2 aromatic carbocycles. The number of anilines is 2. The van der Waals surface area contributed by atoms with Gasteiger partial charge in [-0.1, -0.05) is 0 Å². The van der Waals surface area contributed by atoms with Gasteiger partial charge in [-0.15, -0.1) is 0 Å². The number of nitro groups is 1. The number of non-ortho nitro benzene ring substituents is 1. The van der Waals surface area contributed by atoms with Crippen LogP contribution in [0.15, 0.2) is 42.5 Å². The van der Waals surface area contributed by atoms with Gasteiger partial charge in [-0.2, -0.15) is 0 Å². The van der Waals surface area contributed by atoms with E-state index in [9.17, 15) is 14.9 Å². The van der Waals surface area contributed by atoms with Gasteiger partial charge in [-0.25, -0.2) is 0 Å². The van der Waals surface area contributed by atoms with Crippen molar-refractivity contribution in [3.63, 3.8) is 0 Å². The molecule has 9 heteroatoms. The third kappa shape index (κ3) is 4.30. The molecule has 0 unspecified atom stereocenters. The Morgan fingerprint density at radius 2 is 1.77 bits per heavy atom. The minimum absolute atomic E-state index is 0.0366. The number of benzene rings is 2. The number of ether oxygens (including phenoxy) is 2. The van der Waals surface area contributed by atoms with Crippen molar-refractivity contribution in [2.24, 2.45) is 0 Å². The zero-order chi connectivity index (χ0) is 21.1. The molecule has 1 amide bonds. The number of nitro benzene ring substituents is 1. The zero-order valence-electron chi connectivity index (χ0n) is 16.8. The highest BCUT2D eigenvalue weighted by atomic mass is 16.6. The fourth-order valence-corrected chi connectivity index (χ4v) is 3.83. The number of fused-ring (bicyclic) bond motifs is 1. The number of nitrogens with zero attached hydrogens (tertiary/aromatic N) is 2. The molecule has 0 aromatic heterocycles. The molecule has 0 saturated carbocycles. The van der Waals surface area contributed by atoms with E-state index < -0.39 is 4.92 Å². The third-order valence-corrected chi connectivity index (χ3v) is 5.65. The standard InChI is InChI=1S/C21H24N4O5/c1-15(21(26)22-16-2-7-19-20(14-16)30-13-12-29-19)23-8-10-24(11-9-23)17-3-5-18(6-4-17)25(27)28/h2-7,14-15H,8-13H2,1H3,(H,22,26)/p+1/t15-/m1/s1. The lowest BCUT2D eigenvalue weighted by molar-refractivity contribution is -0.914. The molecule has 1 saturated heterocycles. The first-order chi connectivity index (χ1) is 14.5. The van der Waals surface area contributed by atoms with Gasteiger partial charge in [0.2, 0.25) is 0 Å². The van der Waals surface area contributed by atoms with E-state index in [2.05, 4.69) is 10.2 Å². The summed E-state index contributed by atoms with van der Waals surface area (Å²) in [5.41, 5.74) is 1.75. The number of carbonyl (C=O) groups excluding carboxylic acids is 1. The Kier molecular flexibility index (Phi) is 5.71. The van der Waals surface area contributed by atoms with Crippen molar-refractivity contribution in [2.45, 2.75) is 13.0 Å². The van der Waals surface area contributed by atoms with E-state index in [4.69, 9.17) is 9.47 Å². The predicted octanol–water partition coefficient (Wildman–Crippen LogP) is 1.10. The molecular weight excluding hydrogens is 388 g/mol. The quantitative estimate of drug-likeness (QED) is 0.563. The lowest BCUT2D eigenvalue weighted by Crippen LogP contribution is -3.19. The van der Waals surface area contributed by atoms with E-state index in [0.717, 1.165) is 31.9 Å². The maximum Gasteiger partial charge on any atom is 0.282 e. The van der Waals surface area contributed by atoms with Gasteiger partial charge in [0.05, 0.1) is 31.1 Å². The predicted molar refractivity (Wildman–Crippen MR) is 112 cm³/mol. The molecule has 1 fully saturated rings. The van der Waals surface area contributed by atoms with Gasteiger partial charge in [0, 0.05) is 29.6 Å². The fourth-order valence-electron chi connectivity index (χ4n) is 3.83. The summed E-state index contributed by atoms with van der Waals surface area (Å²) in [6, 6.07) is 11.8. The summed E-state index contributed by atoms with van der Waals surface area (Å²) in [6.45, 7) is 6.17. The summed E-state index contributed by atoms with van der Waals surface area (Å²) in [5.74, 6) is 1.31. The molecule has 158 valence electrons. The highest BCUT2D eigenvalue weighted by molar-refractivity contribution is 5.94. The second-order valence-corrected chi connectivity index (χ2v) is 7.49. The van der Waals surface area contributed by atoms with E-state index in [-0.39, 0.29) is 17.6 Å². The Bertz CT molecular complexity index is 925. The van der Waals surface area contributed by atoms with Crippen LogP contribution in [0.25, 0.3) is 0 Å². The van der Waals surface area contributed by atoms with Gasteiger partial charge in [0.1, 0.15) is 13.2 Å². The second kappa shape index (κ2) is 8.58. The van der Waals surface area contributed by atoms with Crippen LogP contribution in [0.2, 0.25) is 0 Å². The smallest absolute Gasteiger partial charge is 0.282 e. The molecule has 30 heavy (non-hydrogen) atoms. The van der Waals surface area contributed by atoms with Crippen molar-refractivity contribution in [1.29, 1.82) is 0 Å². The summed E-state index contributed by atoms with van der Waals surface area (Å²) in [6.07, 6.45) is 0. The molecule has 0 spiro atoms. The summed E-state index contributed by atoms with van der Waals surface area (Å²) in [5, 5.41) is 13.8. The van der Waals surface area contributed by atoms with Crippen LogP contribution < -0.4 is 24.6 Å². The van der Waals surface area contributed by atoms with Gasteiger partial charge in [0.15, 0.2) is 17.5 Å². The number of quaternary nitrogens is 1. The van der Waals surface area contributed by atoms with Gasteiger partial charge in [0.25, 0.3) is 11.6 Å². The van der Waals surface area contributed by atoms with Crippen LogP contribution in [0, 0.1) is 10.1 Å². The number of hydrogen-bond donors (Lipinski definition) is 2. The molecule has 2 aromatic rings. The van der Waals surface area contributed by atoms with Crippen LogP contribution in [-0.4, -0.2) is 56.3 Å². The van der Waals surface area contributed by atoms with Crippen LogP contribution in [0.5, 0.6) is 11.5 Å². The van der Waals surface area contributed by atoms with Crippen LogP contribution in [0.1, 0.15) is 6.92 Å². The summed E-state index contributed by atoms with van der Waals surface area (Å²) < 4.78 is 11.1. The summed E-state index contributed by atoms with van der Waals surface area (Å²) in [4.78, 5) is 26.6. The van der Waals surface area contributed by atoms with Gasteiger partial charge < -0.3 is 24.6 Å². The lowest BCUT2D eigenvalue weighted by Gasteiger charge is -2.36. The van der Waals surface area contributed by atoms with E-state index in [1.807, 2.05) is 19.1 Å². The van der Waals surface area contributed by atoms with Crippen LogP contribution in [0.3, 0.4) is 0 Å². The molecule has 9 nitrogen and oxygen atoms in total. The van der Waals surface area contributed by atoms with Crippen molar-refractivity contribution in [3.05, 3.63) is 52.6 Å². The number of hydrogen-bond acceptors (Lipinski definition) is 6. The Hall–Kier alpha value is -3.33. The third-order valence-electron chi connectivity index (χ3n) is 5.65. The van der Waals surface area contributed by atoms with Crippen molar-refractivity contribution in [2.75, 3.05) is 49.6 Å². The topological polar surface area (TPSA) is 98.4 Å². The minimum Gasteiger partial charge on any atom is -0.486 e. The molecule has 0 aliphatic carbocycles. The molecular formula is C21H25N4O5+. The van der Waals surface area contributed by atoms with Crippen molar-refractivity contribution >= 4 is 23.0 Å². The normalized spacial score (nSPS) is 17.3. The Balaban J connectivity index is 1.32. The molecule has 2 N–H and O–H groups in total. The fraction of sp³-hybridized carbons (Fsp3) is 0.381. The van der Waals surface area contributed by atoms with Crippen LogP contribution in [0.4, 0.5) is 17.1 Å². The number of carbonyl (C=O) groups is 1. The molecule has 2 aliphatic rings. The van der Waals surface area contributed by atoms with Gasteiger partial charge >= 0.3 is 0 Å². The van der Waals surface area contributed by atoms with E-state index in [0.29, 0.717) is 30.4 Å². The Morgan fingerprint density at radius 3 is 2.43 bits per heavy atom. The van der Waals surface area contributed by atoms with Gasteiger partial charge in [-0.05, 0) is 31.2 Å². The second-order valence-electron chi connectivity index (χ2n) is 7.49. The largest absolute Gasteiger partial charge is 0.486 e. The van der Waals surface area contributed by atoms with Gasteiger partial charge in [-0.3, -0.25) is 14.9 Å². The number of amides is 1. The van der Waals surface area contributed by atoms with E-state index in [1.54, 1.807) is 18.2 Å². The maximum absolute atomic E-state index is 12.8. The van der Waals surface area contributed by atoms with Crippen molar-refractivity contribution in [1.82, 2.24) is 0 Å². The summed E-state index contributed by atoms with van der Waals surface area (Å²) >= 11 is 0. The molecule has 2 aliphatic heterocycles. The molecule has 0 radical (unpaired) electrons. The number of piperazine rings is 1. The average Bonchev–Trinajstić information content (AvgIpc) is 2.78. The Morgan fingerprint density at radius 1 is 1.10 bits per heavy atom. The number of rotatable bonds is 5. The van der Waals surface area contributed by atoms with Crippen LogP contribution in [-0.2, 0) is 4.79 Å². The minimum atomic E-state index is -0.395. The van der Waals surface area contributed by atoms with Crippen molar-refractivity contribution in [3.8, 4) is 11.5 Å². The maximum atomic E-state index is 12.8. The highest BCUT2D eigenvalue weighted by Gasteiger charge is 2.29. The monoisotopic (exact) mass is 413 g/mol. The van der Waals surface area contributed by atoms with Crippen molar-refractivity contribution < 1.29 is 24.1 Å². The number of nitrogens with one attached hydrogen (secondary N) is 2. The van der Waals surface area contributed by atoms with E-state index in [1.165, 1.54) is 17.0 Å². The highest BCUT2D eigenvalue weighted by Crippen LogP contribution is 2.32. The van der Waals surface area contributed by atoms with Crippen LogP contribution >= 0.6 is 0 Å². The Labute approximate surface area is 174 Å². The molecule has 2 heterocycles. The SMILES string of the molecule is C[C@H](C(=O)Nc1ccc2c(c1)OCCO2)[NH+]1CCN(c2ccc([N+](=O)[O-])cc2)CC1. The first-order valence-electron chi connectivity index (χ1n) is 10.1. The lowest BCUT2D eigenvalue weighted by atomic mass is 10.2. The first-order valence-corrected chi connectivity index (χ1v) is 10.1.